The number of rotatable bonds is 2. The predicted octanol–water partition coefficient (Wildman–Crippen LogP) is 1.14. The molecule has 1 N–H and O–H groups in total. The van der Waals surface area contributed by atoms with E-state index < -0.39 is 5.95 Å². The molecule has 0 atom stereocenters. The monoisotopic (exact) mass is 160 g/mol. The van der Waals surface area contributed by atoms with E-state index in [1.807, 2.05) is 0 Å². The van der Waals surface area contributed by atoms with Gasteiger partial charge in [-0.05, 0) is 0 Å². The van der Waals surface area contributed by atoms with Gasteiger partial charge in [0.2, 0.25) is 5.95 Å². The summed E-state index contributed by atoms with van der Waals surface area (Å²) < 4.78 is 12.4. The van der Waals surface area contributed by atoms with Crippen molar-refractivity contribution < 1.29 is 9.18 Å². The molecular formula is C5H5FN2OS. The van der Waals surface area contributed by atoms with Gasteiger partial charge in [0.1, 0.15) is 4.88 Å². The van der Waals surface area contributed by atoms with Gasteiger partial charge in [0.05, 0.1) is 0 Å². The van der Waals surface area contributed by atoms with Crippen LogP contribution in [0.1, 0.15) is 9.67 Å². The van der Waals surface area contributed by atoms with Gasteiger partial charge in [-0.15, -0.1) is 0 Å². The van der Waals surface area contributed by atoms with E-state index in [0.29, 0.717) is 11.4 Å². The third-order valence-corrected chi connectivity index (χ3v) is 1.90. The van der Waals surface area contributed by atoms with E-state index in [1.54, 1.807) is 7.05 Å². The number of hydrogen-bond acceptors (Lipinski definition) is 4. The average molecular weight is 160 g/mol. The number of thiazole rings is 1. The van der Waals surface area contributed by atoms with E-state index in [0.717, 1.165) is 11.3 Å². The topological polar surface area (TPSA) is 42.0 Å². The molecule has 0 aliphatic rings. The summed E-state index contributed by atoms with van der Waals surface area (Å²) in [6.07, 6.45) is 0.452. The second-order valence-corrected chi connectivity index (χ2v) is 2.57. The van der Waals surface area contributed by atoms with E-state index in [4.69, 9.17) is 0 Å². The lowest BCUT2D eigenvalue weighted by molar-refractivity contribution is 0.112. The third kappa shape index (κ3) is 1.13. The van der Waals surface area contributed by atoms with Gasteiger partial charge in [-0.3, -0.25) is 4.79 Å². The molecule has 0 spiro atoms. The van der Waals surface area contributed by atoms with Crippen LogP contribution in [0.4, 0.5) is 9.52 Å². The van der Waals surface area contributed by atoms with Crippen LogP contribution in [0, 0.1) is 5.95 Å². The first-order chi connectivity index (χ1) is 4.77. The van der Waals surface area contributed by atoms with Crippen molar-refractivity contribution in [1.82, 2.24) is 4.98 Å². The number of nitrogens with one attached hydrogen (secondary N) is 1. The molecular weight excluding hydrogens is 155 g/mol. The molecule has 1 aromatic rings. The molecule has 10 heavy (non-hydrogen) atoms. The number of aromatic nitrogens is 1. The first kappa shape index (κ1) is 7.14. The van der Waals surface area contributed by atoms with Gasteiger partial charge in [0.15, 0.2) is 11.4 Å². The largest absolute Gasteiger partial charge is 0.364 e. The Hall–Kier alpha value is -0.970. The number of carbonyl (C=O) groups excluding carboxylic acids is 1. The molecule has 1 rings (SSSR count). The highest BCUT2D eigenvalue weighted by molar-refractivity contribution is 7.17. The molecule has 0 aliphatic heterocycles. The first-order valence-corrected chi connectivity index (χ1v) is 3.39. The molecule has 0 bridgehead atoms. The first-order valence-electron chi connectivity index (χ1n) is 2.57. The van der Waals surface area contributed by atoms with Gasteiger partial charge in [-0.1, -0.05) is 11.3 Å². The Morgan fingerprint density at radius 1 is 1.80 bits per heavy atom. The smallest absolute Gasteiger partial charge is 0.236 e. The van der Waals surface area contributed by atoms with Crippen molar-refractivity contribution in [3.8, 4) is 0 Å². The molecule has 3 nitrogen and oxygen atoms in total. The predicted molar refractivity (Wildman–Crippen MR) is 37.0 cm³/mol. The van der Waals surface area contributed by atoms with E-state index in [9.17, 15) is 9.18 Å². The van der Waals surface area contributed by atoms with Gasteiger partial charge in [-0.2, -0.15) is 9.37 Å². The third-order valence-electron chi connectivity index (χ3n) is 0.931. The Kier molecular flexibility index (Phi) is 1.96. The summed E-state index contributed by atoms with van der Waals surface area (Å²) in [5.41, 5.74) is 0. The van der Waals surface area contributed by atoms with Gasteiger partial charge >= 0.3 is 0 Å². The van der Waals surface area contributed by atoms with Crippen LogP contribution in [0.2, 0.25) is 0 Å². The van der Waals surface area contributed by atoms with Crippen LogP contribution in [0.3, 0.4) is 0 Å². The van der Waals surface area contributed by atoms with Crippen LogP contribution < -0.4 is 5.32 Å². The Balaban J connectivity index is 3.03. The summed E-state index contributed by atoms with van der Waals surface area (Å²) in [6.45, 7) is 0. The average Bonchev–Trinajstić information content (AvgIpc) is 2.30. The zero-order valence-electron chi connectivity index (χ0n) is 5.22. The number of aldehydes is 1. The normalized spacial score (nSPS) is 9.40. The molecule has 0 saturated carbocycles. The zero-order valence-corrected chi connectivity index (χ0v) is 6.04. The van der Waals surface area contributed by atoms with Crippen molar-refractivity contribution in [3.05, 3.63) is 10.8 Å². The summed E-state index contributed by atoms with van der Waals surface area (Å²) in [5, 5.41) is 3.05. The highest BCUT2D eigenvalue weighted by Gasteiger charge is 2.07. The summed E-state index contributed by atoms with van der Waals surface area (Å²) in [5.74, 6) is -0.704. The summed E-state index contributed by atoms with van der Waals surface area (Å²) >= 11 is 0.994. The van der Waals surface area contributed by atoms with Crippen molar-refractivity contribution in [2.45, 2.75) is 0 Å². The molecule has 0 saturated heterocycles. The van der Waals surface area contributed by atoms with E-state index in [1.165, 1.54) is 0 Å². The molecule has 0 amide bonds. The fourth-order valence-corrected chi connectivity index (χ4v) is 1.11. The maximum atomic E-state index is 12.4. The maximum absolute atomic E-state index is 12.4. The van der Waals surface area contributed by atoms with E-state index in [-0.39, 0.29) is 4.88 Å². The second kappa shape index (κ2) is 2.74. The van der Waals surface area contributed by atoms with Crippen molar-refractivity contribution in [3.63, 3.8) is 0 Å². The molecule has 0 aliphatic carbocycles. The van der Waals surface area contributed by atoms with Gasteiger partial charge in [0.25, 0.3) is 0 Å². The SMILES string of the molecule is CNc1nc(F)c(C=O)s1. The fraction of sp³-hybridized carbons (Fsp3) is 0.200. The molecule has 54 valence electrons. The van der Waals surface area contributed by atoms with E-state index >= 15 is 0 Å². The minimum absolute atomic E-state index is 0.0318. The number of carbonyl (C=O) groups is 1. The van der Waals surface area contributed by atoms with Crippen LogP contribution in [0.5, 0.6) is 0 Å². The Morgan fingerprint density at radius 3 is 2.80 bits per heavy atom. The molecule has 5 heteroatoms. The van der Waals surface area contributed by atoms with Gasteiger partial charge < -0.3 is 5.32 Å². The Labute approximate surface area is 60.9 Å². The lowest BCUT2D eigenvalue weighted by Crippen LogP contribution is -1.85. The van der Waals surface area contributed by atoms with Gasteiger partial charge in [-0.25, -0.2) is 0 Å². The van der Waals surface area contributed by atoms with Crippen LogP contribution in [0.25, 0.3) is 0 Å². The molecule has 0 aromatic carbocycles. The zero-order chi connectivity index (χ0) is 7.56. The molecule has 1 heterocycles. The van der Waals surface area contributed by atoms with Crippen LogP contribution in [-0.4, -0.2) is 18.3 Å². The van der Waals surface area contributed by atoms with Crippen LogP contribution in [-0.2, 0) is 0 Å². The Morgan fingerprint density at radius 2 is 2.50 bits per heavy atom. The minimum atomic E-state index is -0.704. The Bertz CT molecular complexity index is 248. The highest BCUT2D eigenvalue weighted by Crippen LogP contribution is 2.18. The standard InChI is InChI=1S/C5H5FN2OS/c1-7-5-8-4(6)3(2-9)10-5/h2H,1H3,(H,7,8). The maximum Gasteiger partial charge on any atom is 0.236 e. The number of hydrogen-bond donors (Lipinski definition) is 1. The van der Waals surface area contributed by atoms with Crippen molar-refractivity contribution in [2.24, 2.45) is 0 Å². The highest BCUT2D eigenvalue weighted by atomic mass is 32.1. The number of anilines is 1. The minimum Gasteiger partial charge on any atom is -0.364 e. The number of nitrogens with zero attached hydrogens (tertiary/aromatic N) is 1. The number of halogens is 1. The lowest BCUT2D eigenvalue weighted by Gasteiger charge is -1.84. The summed E-state index contributed by atoms with van der Waals surface area (Å²) in [4.78, 5) is 13.5. The second-order valence-electron chi connectivity index (χ2n) is 1.54. The molecule has 1 aromatic heterocycles. The van der Waals surface area contributed by atoms with Crippen molar-refractivity contribution >= 4 is 22.8 Å². The van der Waals surface area contributed by atoms with Crippen LogP contribution >= 0.6 is 11.3 Å². The molecule has 0 unspecified atom stereocenters. The van der Waals surface area contributed by atoms with Crippen LogP contribution in [0.15, 0.2) is 0 Å². The molecule has 0 radical (unpaired) electrons. The molecule has 0 fully saturated rings. The fourth-order valence-electron chi connectivity index (χ4n) is 0.493. The van der Waals surface area contributed by atoms with Crippen molar-refractivity contribution in [2.75, 3.05) is 12.4 Å². The summed E-state index contributed by atoms with van der Waals surface area (Å²) in [7, 11) is 1.62. The van der Waals surface area contributed by atoms with Gasteiger partial charge in [0, 0.05) is 7.05 Å². The van der Waals surface area contributed by atoms with Crippen molar-refractivity contribution in [1.29, 1.82) is 0 Å². The summed E-state index contributed by atoms with van der Waals surface area (Å²) in [6, 6.07) is 0. The van der Waals surface area contributed by atoms with E-state index in [2.05, 4.69) is 10.3 Å². The lowest BCUT2D eigenvalue weighted by atomic mass is 10.6. The quantitative estimate of drug-likeness (QED) is 0.659.